The summed E-state index contributed by atoms with van der Waals surface area (Å²) in [5.74, 6) is 1.34. The SMILES string of the molecule is NC(=O)c1ccccc1NC(=O)c1ccc(NC(=O)C23CC4CC(CC(C4)C2)C3)cc1. The molecular weight excluding hydrogens is 390 g/mol. The van der Waals surface area contributed by atoms with Crippen LogP contribution in [-0.2, 0) is 4.79 Å². The zero-order valence-corrected chi connectivity index (χ0v) is 17.4. The Kier molecular flexibility index (Phi) is 4.80. The summed E-state index contributed by atoms with van der Waals surface area (Å²) < 4.78 is 0. The molecule has 0 saturated heterocycles. The van der Waals surface area contributed by atoms with Gasteiger partial charge in [0.15, 0.2) is 0 Å². The van der Waals surface area contributed by atoms with Crippen LogP contribution in [0.1, 0.15) is 59.2 Å². The summed E-state index contributed by atoms with van der Waals surface area (Å²) in [5, 5.41) is 5.84. The Balaban J connectivity index is 1.26. The van der Waals surface area contributed by atoms with Crippen molar-refractivity contribution in [1.29, 1.82) is 0 Å². The smallest absolute Gasteiger partial charge is 0.255 e. The zero-order chi connectivity index (χ0) is 21.6. The molecule has 4 aliphatic rings. The van der Waals surface area contributed by atoms with Crippen LogP contribution in [0.3, 0.4) is 0 Å². The van der Waals surface area contributed by atoms with Gasteiger partial charge in [0.1, 0.15) is 0 Å². The fraction of sp³-hybridized carbons (Fsp3) is 0.400. The number of nitrogens with one attached hydrogen (secondary N) is 2. The summed E-state index contributed by atoms with van der Waals surface area (Å²) in [6, 6.07) is 13.5. The molecule has 4 aliphatic carbocycles. The van der Waals surface area contributed by atoms with E-state index in [-0.39, 0.29) is 22.8 Å². The maximum atomic E-state index is 13.2. The van der Waals surface area contributed by atoms with Crippen molar-refractivity contribution >= 4 is 29.1 Å². The molecule has 0 aromatic heterocycles. The fourth-order valence-electron chi connectivity index (χ4n) is 6.36. The van der Waals surface area contributed by atoms with E-state index < -0.39 is 5.91 Å². The van der Waals surface area contributed by atoms with Crippen molar-refractivity contribution in [1.82, 2.24) is 0 Å². The highest BCUT2D eigenvalue weighted by molar-refractivity contribution is 6.09. The molecule has 31 heavy (non-hydrogen) atoms. The average Bonchev–Trinajstić information content (AvgIpc) is 2.73. The minimum Gasteiger partial charge on any atom is -0.366 e. The van der Waals surface area contributed by atoms with E-state index in [4.69, 9.17) is 5.73 Å². The molecule has 2 aromatic carbocycles. The average molecular weight is 418 g/mol. The third-order valence-electron chi connectivity index (χ3n) is 7.37. The molecule has 2 aromatic rings. The Morgan fingerprint density at radius 1 is 0.806 bits per heavy atom. The molecule has 0 aliphatic heterocycles. The third kappa shape index (κ3) is 3.71. The molecule has 4 bridgehead atoms. The Labute approximate surface area is 181 Å². The summed E-state index contributed by atoms with van der Waals surface area (Å²) >= 11 is 0. The Morgan fingerprint density at radius 3 is 1.97 bits per heavy atom. The molecule has 0 atom stereocenters. The number of carbonyl (C=O) groups is 3. The molecule has 6 rings (SSSR count). The number of rotatable bonds is 5. The van der Waals surface area contributed by atoms with Crippen LogP contribution < -0.4 is 16.4 Å². The molecule has 0 heterocycles. The standard InChI is InChI=1S/C25H27N3O3/c26-22(29)20-3-1-2-4-21(20)28-23(30)18-5-7-19(8-6-18)27-24(31)25-12-15-9-16(13-25)11-17(10-15)14-25/h1-8,15-17H,9-14H2,(H2,26,29)(H,27,31)(H,28,30). The third-order valence-corrected chi connectivity index (χ3v) is 7.37. The van der Waals surface area contributed by atoms with Crippen molar-refractivity contribution in [3.63, 3.8) is 0 Å². The lowest BCUT2D eigenvalue weighted by molar-refractivity contribution is -0.140. The van der Waals surface area contributed by atoms with Gasteiger partial charge < -0.3 is 16.4 Å². The van der Waals surface area contributed by atoms with Crippen molar-refractivity contribution in [2.24, 2.45) is 28.9 Å². The van der Waals surface area contributed by atoms with E-state index in [1.807, 2.05) is 0 Å². The van der Waals surface area contributed by atoms with E-state index in [0.717, 1.165) is 19.3 Å². The molecule has 0 radical (unpaired) electrons. The monoisotopic (exact) mass is 417 g/mol. The molecule has 0 spiro atoms. The first-order valence-corrected chi connectivity index (χ1v) is 11.0. The molecular formula is C25H27N3O3. The number of carbonyl (C=O) groups excluding carboxylic acids is 3. The van der Waals surface area contributed by atoms with Crippen molar-refractivity contribution in [3.8, 4) is 0 Å². The van der Waals surface area contributed by atoms with Crippen LogP contribution in [0.15, 0.2) is 48.5 Å². The fourth-order valence-corrected chi connectivity index (χ4v) is 6.36. The van der Waals surface area contributed by atoms with E-state index >= 15 is 0 Å². The Hall–Kier alpha value is -3.15. The quantitative estimate of drug-likeness (QED) is 0.680. The van der Waals surface area contributed by atoms with Gasteiger partial charge in [-0.2, -0.15) is 0 Å². The topological polar surface area (TPSA) is 101 Å². The summed E-state index contributed by atoms with van der Waals surface area (Å²) in [7, 11) is 0. The maximum Gasteiger partial charge on any atom is 0.255 e. The lowest BCUT2D eigenvalue weighted by Crippen LogP contribution is -2.51. The highest BCUT2D eigenvalue weighted by Gasteiger charge is 2.54. The Morgan fingerprint density at radius 2 is 1.39 bits per heavy atom. The number of amides is 3. The molecule has 0 unspecified atom stereocenters. The van der Waals surface area contributed by atoms with Crippen molar-refractivity contribution < 1.29 is 14.4 Å². The molecule has 4 N–H and O–H groups in total. The highest BCUT2D eigenvalue weighted by atomic mass is 16.2. The summed E-state index contributed by atoms with van der Waals surface area (Å²) in [5.41, 5.74) is 6.94. The van der Waals surface area contributed by atoms with Crippen molar-refractivity contribution in [2.75, 3.05) is 10.6 Å². The highest BCUT2D eigenvalue weighted by Crippen LogP contribution is 2.60. The van der Waals surface area contributed by atoms with Crippen LogP contribution in [0, 0.1) is 23.2 Å². The van der Waals surface area contributed by atoms with Crippen molar-refractivity contribution in [3.05, 3.63) is 59.7 Å². The van der Waals surface area contributed by atoms with E-state index in [2.05, 4.69) is 10.6 Å². The van der Waals surface area contributed by atoms with Crippen LogP contribution in [-0.4, -0.2) is 17.7 Å². The van der Waals surface area contributed by atoms with Crippen LogP contribution in [0.2, 0.25) is 0 Å². The maximum absolute atomic E-state index is 13.2. The first-order valence-electron chi connectivity index (χ1n) is 11.0. The van der Waals surface area contributed by atoms with Crippen LogP contribution >= 0.6 is 0 Å². The van der Waals surface area contributed by atoms with Gasteiger partial charge in [0, 0.05) is 11.3 Å². The van der Waals surface area contributed by atoms with Gasteiger partial charge in [0.25, 0.3) is 11.8 Å². The lowest BCUT2D eigenvalue weighted by Gasteiger charge is -2.55. The van der Waals surface area contributed by atoms with Gasteiger partial charge in [-0.1, -0.05) is 12.1 Å². The molecule has 3 amide bonds. The second-order valence-corrected chi connectivity index (χ2v) is 9.59. The summed E-state index contributed by atoms with van der Waals surface area (Å²) in [6.45, 7) is 0. The minimum absolute atomic E-state index is 0.138. The van der Waals surface area contributed by atoms with Crippen LogP contribution in [0.25, 0.3) is 0 Å². The summed E-state index contributed by atoms with van der Waals surface area (Å²) in [6.07, 6.45) is 6.96. The number of nitrogens with two attached hydrogens (primary N) is 1. The molecule has 4 saturated carbocycles. The number of para-hydroxylation sites is 1. The number of hydrogen-bond donors (Lipinski definition) is 3. The molecule has 160 valence electrons. The number of benzene rings is 2. The summed E-state index contributed by atoms with van der Waals surface area (Å²) in [4.78, 5) is 37.3. The largest absolute Gasteiger partial charge is 0.366 e. The second-order valence-electron chi connectivity index (χ2n) is 9.59. The predicted octanol–water partition coefficient (Wildman–Crippen LogP) is 4.19. The van der Waals surface area contributed by atoms with Gasteiger partial charge in [-0.05, 0) is 92.7 Å². The van der Waals surface area contributed by atoms with E-state index in [9.17, 15) is 14.4 Å². The van der Waals surface area contributed by atoms with Gasteiger partial charge in [0.05, 0.1) is 16.7 Å². The zero-order valence-electron chi connectivity index (χ0n) is 17.4. The number of anilines is 2. The van der Waals surface area contributed by atoms with Gasteiger partial charge >= 0.3 is 0 Å². The normalized spacial score (nSPS) is 28.2. The second kappa shape index (κ2) is 7.52. The number of hydrogen-bond acceptors (Lipinski definition) is 3. The lowest BCUT2D eigenvalue weighted by atomic mass is 9.49. The van der Waals surface area contributed by atoms with E-state index in [1.165, 1.54) is 19.3 Å². The molecule has 6 heteroatoms. The first-order chi connectivity index (χ1) is 14.9. The predicted molar refractivity (Wildman–Crippen MR) is 119 cm³/mol. The van der Waals surface area contributed by atoms with Gasteiger partial charge in [-0.15, -0.1) is 0 Å². The first kappa shape index (κ1) is 19.8. The van der Waals surface area contributed by atoms with Crippen molar-refractivity contribution in [2.45, 2.75) is 38.5 Å². The van der Waals surface area contributed by atoms with Gasteiger partial charge in [-0.3, -0.25) is 14.4 Å². The van der Waals surface area contributed by atoms with Crippen LogP contribution in [0.5, 0.6) is 0 Å². The minimum atomic E-state index is -0.598. The van der Waals surface area contributed by atoms with E-state index in [0.29, 0.717) is 34.7 Å². The van der Waals surface area contributed by atoms with E-state index in [1.54, 1.807) is 48.5 Å². The Bertz CT molecular complexity index is 1010. The van der Waals surface area contributed by atoms with Gasteiger partial charge in [-0.25, -0.2) is 0 Å². The molecule has 4 fully saturated rings. The van der Waals surface area contributed by atoms with Gasteiger partial charge in [0.2, 0.25) is 5.91 Å². The molecule has 6 nitrogen and oxygen atoms in total. The number of primary amides is 1. The van der Waals surface area contributed by atoms with Crippen LogP contribution in [0.4, 0.5) is 11.4 Å².